The summed E-state index contributed by atoms with van der Waals surface area (Å²) in [5.74, 6) is -0.0591. The molecule has 18 heavy (non-hydrogen) atoms. The van der Waals surface area contributed by atoms with Crippen molar-refractivity contribution < 1.29 is 4.79 Å². The lowest BCUT2D eigenvalue weighted by Crippen LogP contribution is -2.33. The van der Waals surface area contributed by atoms with Gasteiger partial charge in [-0.3, -0.25) is 10.1 Å². The molecule has 0 saturated carbocycles. The van der Waals surface area contributed by atoms with Crippen LogP contribution in [0.5, 0.6) is 0 Å². The molecule has 0 aliphatic rings. The van der Waals surface area contributed by atoms with Gasteiger partial charge in [0.05, 0.1) is 6.67 Å². The normalized spacial score (nSPS) is 10.0. The second-order valence-corrected chi connectivity index (χ2v) is 3.96. The Morgan fingerprint density at radius 1 is 0.889 bits per heavy atom. The van der Waals surface area contributed by atoms with Crippen LogP contribution in [0.4, 0.5) is 0 Å². The van der Waals surface area contributed by atoms with Crippen LogP contribution in [0.25, 0.3) is 0 Å². The number of nitrogens with one attached hydrogen (secondary N) is 2. The van der Waals surface area contributed by atoms with Crippen molar-refractivity contribution in [2.75, 3.05) is 6.67 Å². The summed E-state index contributed by atoms with van der Waals surface area (Å²) in [4.78, 5) is 11.7. The van der Waals surface area contributed by atoms with E-state index in [1.807, 2.05) is 48.5 Å². The minimum absolute atomic E-state index is 0.0591. The monoisotopic (exact) mass is 240 g/mol. The summed E-state index contributed by atoms with van der Waals surface area (Å²) in [5.41, 5.74) is 1.88. The molecule has 0 saturated heterocycles. The lowest BCUT2D eigenvalue weighted by molar-refractivity contribution is 0.0950. The first-order valence-electron chi connectivity index (χ1n) is 5.94. The first-order chi connectivity index (χ1) is 8.86. The van der Waals surface area contributed by atoms with Crippen LogP contribution >= 0.6 is 0 Å². The van der Waals surface area contributed by atoms with Crippen molar-refractivity contribution in [3.63, 3.8) is 0 Å². The second-order valence-electron chi connectivity index (χ2n) is 3.96. The van der Waals surface area contributed by atoms with Gasteiger partial charge in [0.25, 0.3) is 5.91 Å². The van der Waals surface area contributed by atoms with E-state index in [1.54, 1.807) is 12.1 Å². The van der Waals surface area contributed by atoms with Gasteiger partial charge in [0.15, 0.2) is 0 Å². The topological polar surface area (TPSA) is 41.1 Å². The van der Waals surface area contributed by atoms with E-state index in [0.717, 1.165) is 6.54 Å². The minimum atomic E-state index is -0.0591. The maximum atomic E-state index is 11.7. The first kappa shape index (κ1) is 12.3. The first-order valence-corrected chi connectivity index (χ1v) is 5.94. The number of benzene rings is 2. The summed E-state index contributed by atoms with van der Waals surface area (Å²) in [5, 5.41) is 5.99. The van der Waals surface area contributed by atoms with Crippen molar-refractivity contribution >= 4 is 5.91 Å². The van der Waals surface area contributed by atoms with Crippen LogP contribution in [0.15, 0.2) is 60.7 Å². The van der Waals surface area contributed by atoms with E-state index < -0.39 is 0 Å². The van der Waals surface area contributed by atoms with E-state index in [0.29, 0.717) is 12.2 Å². The van der Waals surface area contributed by atoms with Crippen LogP contribution in [-0.2, 0) is 6.54 Å². The fourth-order valence-corrected chi connectivity index (χ4v) is 1.64. The Labute approximate surface area is 107 Å². The number of hydrogen-bond donors (Lipinski definition) is 2. The highest BCUT2D eigenvalue weighted by Crippen LogP contribution is 1.98. The van der Waals surface area contributed by atoms with Gasteiger partial charge >= 0.3 is 0 Å². The summed E-state index contributed by atoms with van der Waals surface area (Å²) in [6, 6.07) is 19.3. The molecule has 2 aromatic carbocycles. The molecule has 2 aromatic rings. The average molecular weight is 240 g/mol. The van der Waals surface area contributed by atoms with Gasteiger partial charge in [-0.1, -0.05) is 48.5 Å². The van der Waals surface area contributed by atoms with Crippen molar-refractivity contribution in [1.29, 1.82) is 0 Å². The maximum Gasteiger partial charge on any atom is 0.252 e. The minimum Gasteiger partial charge on any atom is -0.339 e. The van der Waals surface area contributed by atoms with Gasteiger partial charge in [0.1, 0.15) is 0 Å². The standard InChI is InChI=1S/C15H16N2O/c18-15(14-9-5-2-6-10-14)17-12-16-11-13-7-3-1-4-8-13/h1-10,16H,11-12H2,(H,17,18). The second kappa shape index (κ2) is 6.57. The molecule has 0 aliphatic heterocycles. The number of rotatable bonds is 5. The molecule has 0 atom stereocenters. The predicted molar refractivity (Wildman–Crippen MR) is 72.1 cm³/mol. The largest absolute Gasteiger partial charge is 0.339 e. The fourth-order valence-electron chi connectivity index (χ4n) is 1.64. The molecule has 2 N–H and O–H groups in total. The van der Waals surface area contributed by atoms with E-state index in [-0.39, 0.29) is 5.91 Å². The molecule has 0 fully saturated rings. The van der Waals surface area contributed by atoms with Gasteiger partial charge in [-0.15, -0.1) is 0 Å². The van der Waals surface area contributed by atoms with Crippen molar-refractivity contribution in [2.45, 2.75) is 6.54 Å². The smallest absolute Gasteiger partial charge is 0.252 e. The lowest BCUT2D eigenvalue weighted by Gasteiger charge is -2.07. The van der Waals surface area contributed by atoms with Gasteiger partial charge in [0.2, 0.25) is 0 Å². The van der Waals surface area contributed by atoms with Gasteiger partial charge < -0.3 is 5.32 Å². The Morgan fingerprint density at radius 3 is 2.17 bits per heavy atom. The zero-order valence-electron chi connectivity index (χ0n) is 10.1. The van der Waals surface area contributed by atoms with Crippen LogP contribution in [0, 0.1) is 0 Å². The van der Waals surface area contributed by atoms with Crippen molar-refractivity contribution in [3.05, 3.63) is 71.8 Å². The Hall–Kier alpha value is -2.13. The van der Waals surface area contributed by atoms with Crippen molar-refractivity contribution in [2.24, 2.45) is 0 Å². The van der Waals surface area contributed by atoms with Crippen LogP contribution in [0.3, 0.4) is 0 Å². The van der Waals surface area contributed by atoms with Crippen molar-refractivity contribution in [1.82, 2.24) is 10.6 Å². The summed E-state index contributed by atoms with van der Waals surface area (Å²) in [6.45, 7) is 1.21. The van der Waals surface area contributed by atoms with Crippen LogP contribution < -0.4 is 10.6 Å². The number of carbonyl (C=O) groups is 1. The summed E-state index contributed by atoms with van der Waals surface area (Å²) < 4.78 is 0. The molecule has 1 amide bonds. The summed E-state index contributed by atoms with van der Waals surface area (Å²) >= 11 is 0. The van der Waals surface area contributed by atoms with Gasteiger partial charge in [-0.05, 0) is 17.7 Å². The summed E-state index contributed by atoms with van der Waals surface area (Å²) in [6.07, 6.45) is 0. The highest BCUT2D eigenvalue weighted by atomic mass is 16.1. The zero-order valence-corrected chi connectivity index (χ0v) is 10.1. The van der Waals surface area contributed by atoms with E-state index in [1.165, 1.54) is 5.56 Å². The number of carbonyl (C=O) groups excluding carboxylic acids is 1. The van der Waals surface area contributed by atoms with Gasteiger partial charge in [-0.25, -0.2) is 0 Å². The Balaban J connectivity index is 1.72. The van der Waals surface area contributed by atoms with E-state index in [9.17, 15) is 4.79 Å². The van der Waals surface area contributed by atoms with E-state index in [4.69, 9.17) is 0 Å². The SMILES string of the molecule is O=C(NCNCc1ccccc1)c1ccccc1. The molecule has 0 unspecified atom stereocenters. The van der Waals surface area contributed by atoms with Crippen LogP contribution in [-0.4, -0.2) is 12.6 Å². The maximum absolute atomic E-state index is 11.7. The molecule has 0 aromatic heterocycles. The quantitative estimate of drug-likeness (QED) is 0.621. The third-order valence-corrected chi connectivity index (χ3v) is 2.58. The van der Waals surface area contributed by atoms with E-state index in [2.05, 4.69) is 10.6 Å². The highest BCUT2D eigenvalue weighted by molar-refractivity contribution is 5.94. The van der Waals surface area contributed by atoms with Crippen LogP contribution in [0.1, 0.15) is 15.9 Å². The Kier molecular flexibility index (Phi) is 4.50. The van der Waals surface area contributed by atoms with Gasteiger partial charge in [-0.2, -0.15) is 0 Å². The molecule has 0 radical (unpaired) electrons. The number of hydrogen-bond acceptors (Lipinski definition) is 2. The molecule has 0 spiro atoms. The van der Waals surface area contributed by atoms with Crippen molar-refractivity contribution in [3.8, 4) is 0 Å². The molecule has 2 rings (SSSR count). The molecular weight excluding hydrogens is 224 g/mol. The third-order valence-electron chi connectivity index (χ3n) is 2.58. The Morgan fingerprint density at radius 2 is 1.50 bits per heavy atom. The third kappa shape index (κ3) is 3.71. The molecule has 0 heterocycles. The summed E-state index contributed by atoms with van der Waals surface area (Å²) in [7, 11) is 0. The number of amides is 1. The molecule has 3 heteroatoms. The Bertz CT molecular complexity index is 482. The molecule has 3 nitrogen and oxygen atoms in total. The van der Waals surface area contributed by atoms with E-state index >= 15 is 0 Å². The predicted octanol–water partition coefficient (Wildman–Crippen LogP) is 2.16. The van der Waals surface area contributed by atoms with Gasteiger partial charge in [0, 0.05) is 12.1 Å². The molecule has 0 aliphatic carbocycles. The van der Waals surface area contributed by atoms with Crippen LogP contribution in [0.2, 0.25) is 0 Å². The fraction of sp³-hybridized carbons (Fsp3) is 0.133. The molecular formula is C15H16N2O. The molecule has 92 valence electrons. The zero-order chi connectivity index (χ0) is 12.6. The highest BCUT2D eigenvalue weighted by Gasteiger charge is 2.02. The molecule has 0 bridgehead atoms. The lowest BCUT2D eigenvalue weighted by atomic mass is 10.2. The average Bonchev–Trinajstić information content (AvgIpc) is 2.45.